The van der Waals surface area contributed by atoms with Gasteiger partial charge in [-0.2, -0.15) is 4.98 Å². The van der Waals surface area contributed by atoms with Gasteiger partial charge < -0.3 is 20.7 Å². The summed E-state index contributed by atoms with van der Waals surface area (Å²) in [7, 11) is 1.65. The zero-order chi connectivity index (χ0) is 20.5. The van der Waals surface area contributed by atoms with Gasteiger partial charge in [-0.25, -0.2) is 4.98 Å². The topological polar surface area (TPSA) is 88.2 Å². The van der Waals surface area contributed by atoms with E-state index in [1.807, 2.05) is 37.3 Å². The van der Waals surface area contributed by atoms with Crippen molar-refractivity contribution in [2.75, 3.05) is 30.8 Å². The van der Waals surface area contributed by atoms with Crippen molar-refractivity contribution in [3.05, 3.63) is 36.0 Å². The van der Waals surface area contributed by atoms with Gasteiger partial charge in [-0.05, 0) is 43.5 Å². The summed E-state index contributed by atoms with van der Waals surface area (Å²) < 4.78 is 5.18. The van der Waals surface area contributed by atoms with Crippen molar-refractivity contribution >= 4 is 23.4 Å². The van der Waals surface area contributed by atoms with Gasteiger partial charge in [-0.15, -0.1) is 0 Å². The second-order valence-electron chi connectivity index (χ2n) is 7.54. The van der Waals surface area contributed by atoms with Crippen molar-refractivity contribution in [1.82, 2.24) is 15.3 Å². The smallest absolute Gasteiger partial charge is 0.224 e. The molecular weight excluding hydrogens is 366 g/mol. The lowest BCUT2D eigenvalue weighted by Gasteiger charge is -2.11. The van der Waals surface area contributed by atoms with E-state index in [1.165, 1.54) is 25.7 Å². The molecule has 0 unspecified atom stereocenters. The molecule has 0 atom stereocenters. The van der Waals surface area contributed by atoms with Gasteiger partial charge in [0.05, 0.1) is 7.11 Å². The minimum atomic E-state index is 0.130. The fourth-order valence-corrected chi connectivity index (χ4v) is 3.63. The summed E-state index contributed by atoms with van der Waals surface area (Å²) in [5.41, 5.74) is 1.78. The first kappa shape index (κ1) is 20.9. The Balaban J connectivity index is 1.42. The molecule has 2 aromatic rings. The van der Waals surface area contributed by atoms with Gasteiger partial charge in [0.25, 0.3) is 0 Å². The molecule has 3 rings (SSSR count). The fourth-order valence-electron chi connectivity index (χ4n) is 3.63. The Bertz CT molecular complexity index is 788. The molecule has 29 heavy (non-hydrogen) atoms. The molecule has 1 aromatic heterocycles. The first-order valence-electron chi connectivity index (χ1n) is 10.4. The predicted octanol–water partition coefficient (Wildman–Crippen LogP) is 4.04. The Morgan fingerprint density at radius 1 is 1.14 bits per heavy atom. The number of anilines is 3. The van der Waals surface area contributed by atoms with Crippen LogP contribution in [0.15, 0.2) is 30.3 Å². The summed E-state index contributed by atoms with van der Waals surface area (Å²) in [6.45, 7) is 3.07. The summed E-state index contributed by atoms with van der Waals surface area (Å²) in [6.07, 6.45) is 6.85. The molecule has 0 saturated heterocycles. The number of hydrogen-bond acceptors (Lipinski definition) is 6. The van der Waals surface area contributed by atoms with E-state index in [4.69, 9.17) is 4.74 Å². The maximum atomic E-state index is 12.0. The van der Waals surface area contributed by atoms with Crippen LogP contribution in [0.5, 0.6) is 5.75 Å². The van der Waals surface area contributed by atoms with E-state index in [-0.39, 0.29) is 5.91 Å². The largest absolute Gasteiger partial charge is 0.497 e. The van der Waals surface area contributed by atoms with E-state index in [2.05, 4.69) is 25.9 Å². The van der Waals surface area contributed by atoms with Gasteiger partial charge in [0.2, 0.25) is 11.9 Å². The van der Waals surface area contributed by atoms with Crippen molar-refractivity contribution in [2.24, 2.45) is 5.92 Å². The van der Waals surface area contributed by atoms with Crippen molar-refractivity contribution in [1.29, 1.82) is 0 Å². The van der Waals surface area contributed by atoms with Crippen LogP contribution in [0.25, 0.3) is 0 Å². The molecule has 1 aliphatic rings. The number of ether oxygens (including phenoxy) is 1. The highest BCUT2D eigenvalue weighted by Crippen LogP contribution is 2.28. The number of hydrogen-bond donors (Lipinski definition) is 3. The first-order chi connectivity index (χ1) is 14.1. The van der Waals surface area contributed by atoms with E-state index in [0.717, 1.165) is 29.5 Å². The van der Waals surface area contributed by atoms with Crippen LogP contribution in [-0.2, 0) is 4.79 Å². The Morgan fingerprint density at radius 3 is 2.62 bits per heavy atom. The second kappa shape index (κ2) is 10.6. The van der Waals surface area contributed by atoms with Gasteiger partial charge in [0, 0.05) is 37.0 Å². The van der Waals surface area contributed by atoms with Gasteiger partial charge in [0.1, 0.15) is 11.6 Å². The zero-order valence-electron chi connectivity index (χ0n) is 17.3. The number of amides is 1. The molecule has 0 aliphatic heterocycles. The minimum Gasteiger partial charge on any atom is -0.497 e. The number of nitrogens with zero attached hydrogens (tertiary/aromatic N) is 2. The third kappa shape index (κ3) is 6.93. The summed E-state index contributed by atoms with van der Waals surface area (Å²) in [5, 5.41) is 9.43. The number of carbonyl (C=O) groups is 1. The molecular formula is C22H31N5O2. The van der Waals surface area contributed by atoms with Crippen molar-refractivity contribution < 1.29 is 9.53 Å². The summed E-state index contributed by atoms with van der Waals surface area (Å²) in [4.78, 5) is 20.9. The molecule has 1 aliphatic carbocycles. The third-order valence-electron chi connectivity index (χ3n) is 5.20. The molecule has 3 N–H and O–H groups in total. The van der Waals surface area contributed by atoms with Crippen LogP contribution < -0.4 is 20.7 Å². The molecule has 0 bridgehead atoms. The number of methoxy groups -OCH3 is 1. The maximum Gasteiger partial charge on any atom is 0.224 e. The lowest BCUT2D eigenvalue weighted by molar-refractivity contribution is -0.121. The SMILES string of the molecule is COc1ccc(Nc2cc(C)nc(NCCNC(=O)CCC3CCCC3)n2)cc1. The minimum absolute atomic E-state index is 0.130. The quantitative estimate of drug-likeness (QED) is 0.525. The van der Waals surface area contributed by atoms with E-state index < -0.39 is 0 Å². The Labute approximate surface area is 172 Å². The van der Waals surface area contributed by atoms with Crippen LogP contribution in [0, 0.1) is 12.8 Å². The van der Waals surface area contributed by atoms with Crippen LogP contribution in [0.1, 0.15) is 44.2 Å². The monoisotopic (exact) mass is 397 g/mol. The number of aryl methyl sites for hydroxylation is 1. The highest BCUT2D eigenvalue weighted by Gasteiger charge is 2.15. The molecule has 1 fully saturated rings. The number of benzene rings is 1. The lowest BCUT2D eigenvalue weighted by atomic mass is 10.0. The standard InChI is InChI=1S/C22H31N5O2/c1-16-15-20(26-18-8-10-19(29-2)11-9-18)27-22(25-16)24-14-13-23-21(28)12-7-17-5-3-4-6-17/h8-11,15,17H,3-7,12-14H2,1-2H3,(H,23,28)(H2,24,25,26,27). The van der Waals surface area contributed by atoms with Crippen LogP contribution >= 0.6 is 0 Å². The van der Waals surface area contributed by atoms with Crippen LogP contribution in [-0.4, -0.2) is 36.1 Å². The number of carbonyl (C=O) groups excluding carboxylic acids is 1. The summed E-state index contributed by atoms with van der Waals surface area (Å²) in [5.74, 6) is 2.94. The van der Waals surface area contributed by atoms with Crippen LogP contribution in [0.2, 0.25) is 0 Å². The van der Waals surface area contributed by atoms with E-state index in [1.54, 1.807) is 7.11 Å². The highest BCUT2D eigenvalue weighted by molar-refractivity contribution is 5.75. The fraction of sp³-hybridized carbons (Fsp3) is 0.500. The molecule has 7 nitrogen and oxygen atoms in total. The number of aromatic nitrogens is 2. The molecule has 0 spiro atoms. The van der Waals surface area contributed by atoms with Gasteiger partial charge in [-0.1, -0.05) is 25.7 Å². The molecule has 1 aromatic carbocycles. The Morgan fingerprint density at radius 2 is 1.90 bits per heavy atom. The maximum absolute atomic E-state index is 12.0. The van der Waals surface area contributed by atoms with Gasteiger partial charge >= 0.3 is 0 Å². The molecule has 7 heteroatoms. The van der Waals surface area contributed by atoms with E-state index in [9.17, 15) is 4.79 Å². The molecule has 156 valence electrons. The summed E-state index contributed by atoms with van der Waals surface area (Å²) >= 11 is 0. The average molecular weight is 398 g/mol. The lowest BCUT2D eigenvalue weighted by Crippen LogP contribution is -2.29. The first-order valence-corrected chi connectivity index (χ1v) is 10.4. The normalized spacial score (nSPS) is 13.9. The zero-order valence-corrected chi connectivity index (χ0v) is 17.3. The van der Waals surface area contributed by atoms with Gasteiger partial charge in [0.15, 0.2) is 0 Å². The molecule has 1 saturated carbocycles. The number of rotatable bonds is 10. The van der Waals surface area contributed by atoms with Gasteiger partial charge in [-0.3, -0.25) is 4.79 Å². The molecule has 0 radical (unpaired) electrons. The highest BCUT2D eigenvalue weighted by atomic mass is 16.5. The van der Waals surface area contributed by atoms with E-state index in [0.29, 0.717) is 31.3 Å². The average Bonchev–Trinajstić information content (AvgIpc) is 3.23. The van der Waals surface area contributed by atoms with Crippen LogP contribution in [0.3, 0.4) is 0 Å². The van der Waals surface area contributed by atoms with Crippen molar-refractivity contribution in [3.63, 3.8) is 0 Å². The molecule has 1 amide bonds. The summed E-state index contributed by atoms with van der Waals surface area (Å²) in [6, 6.07) is 9.55. The Kier molecular flexibility index (Phi) is 7.67. The number of nitrogens with one attached hydrogen (secondary N) is 3. The van der Waals surface area contributed by atoms with Crippen LogP contribution in [0.4, 0.5) is 17.5 Å². The van der Waals surface area contributed by atoms with Crippen molar-refractivity contribution in [3.8, 4) is 5.75 Å². The molecule has 1 heterocycles. The second-order valence-corrected chi connectivity index (χ2v) is 7.54. The Hall–Kier alpha value is -2.83. The van der Waals surface area contributed by atoms with Crippen molar-refractivity contribution in [2.45, 2.75) is 45.4 Å². The third-order valence-corrected chi connectivity index (χ3v) is 5.20. The predicted molar refractivity (Wildman–Crippen MR) is 116 cm³/mol. The van der Waals surface area contributed by atoms with E-state index >= 15 is 0 Å².